The van der Waals surface area contributed by atoms with Gasteiger partial charge < -0.3 is 19.9 Å². The van der Waals surface area contributed by atoms with Gasteiger partial charge in [-0.05, 0) is 48.7 Å². The summed E-state index contributed by atoms with van der Waals surface area (Å²) in [5.41, 5.74) is 3.57. The minimum Gasteiger partial charge on any atom is -0.482 e. The number of rotatable bonds is 6. The van der Waals surface area contributed by atoms with E-state index in [0.29, 0.717) is 31.0 Å². The number of benzene rings is 2. The summed E-state index contributed by atoms with van der Waals surface area (Å²) in [6.45, 7) is 2.02. The van der Waals surface area contributed by atoms with Gasteiger partial charge in [0.25, 0.3) is 11.8 Å². The average molecular weight is 428 g/mol. The van der Waals surface area contributed by atoms with Crippen molar-refractivity contribution in [1.29, 1.82) is 0 Å². The van der Waals surface area contributed by atoms with Crippen LogP contribution < -0.4 is 19.9 Å². The molecule has 3 aromatic rings. The molecule has 0 saturated carbocycles. The Balaban J connectivity index is 1.15. The van der Waals surface area contributed by atoms with Crippen molar-refractivity contribution >= 4 is 29.0 Å². The number of hydrogen-bond donors (Lipinski definition) is 1. The van der Waals surface area contributed by atoms with Crippen LogP contribution in [0.25, 0.3) is 0 Å². The van der Waals surface area contributed by atoms with Gasteiger partial charge in [-0.25, -0.2) is 4.98 Å². The van der Waals surface area contributed by atoms with Crippen LogP contribution in [0.5, 0.6) is 5.75 Å². The molecule has 1 aromatic heterocycles. The van der Waals surface area contributed by atoms with E-state index in [1.165, 1.54) is 5.56 Å². The minimum absolute atomic E-state index is 0.0292. The lowest BCUT2D eigenvalue weighted by Crippen LogP contribution is -2.39. The molecule has 32 heavy (non-hydrogen) atoms. The first-order valence-electron chi connectivity index (χ1n) is 10.8. The van der Waals surface area contributed by atoms with Crippen molar-refractivity contribution in [3.8, 4) is 5.75 Å². The average Bonchev–Trinajstić information content (AvgIpc) is 3.27. The smallest absolute Gasteiger partial charge is 0.265 e. The SMILES string of the molecule is O=C(c1ccc(NCCCN2C(=O)COc3ccccc32)nc1)N1CCc2ccccc21. The van der Waals surface area contributed by atoms with Crippen molar-refractivity contribution < 1.29 is 14.3 Å². The van der Waals surface area contributed by atoms with E-state index in [1.807, 2.05) is 53.4 Å². The third-order valence-electron chi connectivity index (χ3n) is 5.82. The van der Waals surface area contributed by atoms with Crippen molar-refractivity contribution in [3.63, 3.8) is 0 Å². The zero-order valence-electron chi connectivity index (χ0n) is 17.7. The Morgan fingerprint density at radius 3 is 2.69 bits per heavy atom. The monoisotopic (exact) mass is 428 g/mol. The van der Waals surface area contributed by atoms with E-state index in [-0.39, 0.29) is 18.4 Å². The van der Waals surface area contributed by atoms with Gasteiger partial charge in [-0.1, -0.05) is 30.3 Å². The Kier molecular flexibility index (Phi) is 5.46. The lowest BCUT2D eigenvalue weighted by molar-refractivity contribution is -0.121. The summed E-state index contributed by atoms with van der Waals surface area (Å²) in [4.78, 5) is 33.1. The molecule has 5 rings (SSSR count). The summed E-state index contributed by atoms with van der Waals surface area (Å²) in [6.07, 6.45) is 3.26. The molecular formula is C25H24N4O3. The summed E-state index contributed by atoms with van der Waals surface area (Å²) in [6, 6.07) is 19.2. The number of carbonyl (C=O) groups is 2. The standard InChI is InChI=1S/C25H24N4O3/c30-24-17-32-22-9-4-3-8-21(22)28(24)14-5-13-26-23-11-10-19(16-27-23)25(31)29-15-12-18-6-1-2-7-20(18)29/h1-4,6-11,16H,5,12-15,17H2,(H,26,27). The first kappa shape index (κ1) is 20.1. The normalized spacial score (nSPS) is 14.6. The van der Waals surface area contributed by atoms with Crippen molar-refractivity contribution in [1.82, 2.24) is 4.98 Å². The maximum absolute atomic E-state index is 12.9. The predicted octanol–water partition coefficient (Wildman–Crippen LogP) is 3.51. The van der Waals surface area contributed by atoms with Crippen LogP contribution in [0.1, 0.15) is 22.3 Å². The van der Waals surface area contributed by atoms with Gasteiger partial charge in [0.1, 0.15) is 11.6 Å². The highest BCUT2D eigenvalue weighted by Crippen LogP contribution is 2.31. The number of hydrogen-bond acceptors (Lipinski definition) is 5. The Hall–Kier alpha value is -3.87. The molecule has 7 nitrogen and oxygen atoms in total. The van der Waals surface area contributed by atoms with E-state index in [2.05, 4.69) is 16.4 Å². The summed E-state index contributed by atoms with van der Waals surface area (Å²) in [5, 5.41) is 3.27. The maximum Gasteiger partial charge on any atom is 0.265 e. The zero-order chi connectivity index (χ0) is 21.9. The van der Waals surface area contributed by atoms with Gasteiger partial charge >= 0.3 is 0 Å². The molecule has 0 atom stereocenters. The molecule has 2 aliphatic rings. The number of pyridine rings is 1. The van der Waals surface area contributed by atoms with E-state index >= 15 is 0 Å². The highest BCUT2D eigenvalue weighted by molar-refractivity contribution is 6.07. The molecule has 3 heterocycles. The number of ether oxygens (including phenoxy) is 1. The number of anilines is 3. The molecule has 2 aromatic carbocycles. The van der Waals surface area contributed by atoms with E-state index < -0.39 is 0 Å². The van der Waals surface area contributed by atoms with Crippen LogP contribution in [0.3, 0.4) is 0 Å². The Bertz CT molecular complexity index is 1150. The van der Waals surface area contributed by atoms with Crippen molar-refractivity contribution in [2.45, 2.75) is 12.8 Å². The molecule has 2 amide bonds. The van der Waals surface area contributed by atoms with Gasteiger partial charge in [0.2, 0.25) is 0 Å². The van der Waals surface area contributed by atoms with Crippen molar-refractivity contribution in [2.24, 2.45) is 0 Å². The van der Waals surface area contributed by atoms with Crippen molar-refractivity contribution in [3.05, 3.63) is 78.0 Å². The maximum atomic E-state index is 12.9. The number of aromatic nitrogens is 1. The van der Waals surface area contributed by atoms with Crippen LogP contribution in [-0.4, -0.2) is 43.0 Å². The van der Waals surface area contributed by atoms with E-state index in [0.717, 1.165) is 30.0 Å². The Labute approximate surface area is 186 Å². The Morgan fingerprint density at radius 1 is 1.03 bits per heavy atom. The third-order valence-corrected chi connectivity index (χ3v) is 5.82. The first-order chi connectivity index (χ1) is 15.7. The topological polar surface area (TPSA) is 74.8 Å². The molecular weight excluding hydrogens is 404 g/mol. The molecule has 0 fully saturated rings. The van der Waals surface area contributed by atoms with Crippen LogP contribution in [0.15, 0.2) is 66.9 Å². The summed E-state index contributed by atoms with van der Waals surface area (Å²) in [5.74, 6) is 1.38. The van der Waals surface area contributed by atoms with Gasteiger partial charge in [-0.2, -0.15) is 0 Å². The second-order valence-corrected chi connectivity index (χ2v) is 7.85. The molecule has 7 heteroatoms. The van der Waals surface area contributed by atoms with E-state index in [1.54, 1.807) is 17.2 Å². The highest BCUT2D eigenvalue weighted by atomic mass is 16.5. The van der Waals surface area contributed by atoms with Crippen molar-refractivity contribution in [2.75, 3.05) is 41.4 Å². The third kappa shape index (κ3) is 3.89. The number of fused-ring (bicyclic) bond motifs is 2. The summed E-state index contributed by atoms with van der Waals surface area (Å²) in [7, 11) is 0. The fraction of sp³-hybridized carbons (Fsp3) is 0.240. The molecule has 0 spiro atoms. The second kappa shape index (κ2) is 8.70. The van der Waals surface area contributed by atoms with Gasteiger partial charge in [0, 0.05) is 31.5 Å². The predicted molar refractivity (Wildman–Crippen MR) is 123 cm³/mol. The molecule has 2 aliphatic heterocycles. The minimum atomic E-state index is -0.0341. The van der Waals surface area contributed by atoms with Crippen LogP contribution in [0.2, 0.25) is 0 Å². The second-order valence-electron chi connectivity index (χ2n) is 7.85. The Morgan fingerprint density at radius 2 is 1.84 bits per heavy atom. The summed E-state index contributed by atoms with van der Waals surface area (Å²) < 4.78 is 5.48. The quantitative estimate of drug-likeness (QED) is 0.608. The van der Waals surface area contributed by atoms with Gasteiger partial charge in [0.05, 0.1) is 11.3 Å². The highest BCUT2D eigenvalue weighted by Gasteiger charge is 2.26. The first-order valence-corrected chi connectivity index (χ1v) is 10.8. The zero-order valence-corrected chi connectivity index (χ0v) is 17.7. The van der Waals surface area contributed by atoms with Crippen LogP contribution in [-0.2, 0) is 11.2 Å². The largest absolute Gasteiger partial charge is 0.482 e. The van der Waals surface area contributed by atoms with Crippen LogP contribution >= 0.6 is 0 Å². The van der Waals surface area contributed by atoms with Gasteiger partial charge in [-0.15, -0.1) is 0 Å². The number of nitrogens with zero attached hydrogens (tertiary/aromatic N) is 3. The van der Waals surface area contributed by atoms with Crippen LogP contribution in [0, 0.1) is 0 Å². The number of amides is 2. The number of carbonyl (C=O) groups excluding carboxylic acids is 2. The number of nitrogens with one attached hydrogen (secondary N) is 1. The molecule has 1 N–H and O–H groups in total. The van der Waals surface area contributed by atoms with E-state index in [9.17, 15) is 9.59 Å². The molecule has 0 aliphatic carbocycles. The van der Waals surface area contributed by atoms with E-state index in [4.69, 9.17) is 4.74 Å². The molecule has 0 bridgehead atoms. The lowest BCUT2D eigenvalue weighted by Gasteiger charge is -2.29. The molecule has 162 valence electrons. The molecule has 0 radical (unpaired) electrons. The fourth-order valence-electron chi connectivity index (χ4n) is 4.18. The summed E-state index contributed by atoms with van der Waals surface area (Å²) >= 11 is 0. The van der Waals surface area contributed by atoms with Gasteiger partial charge in [-0.3, -0.25) is 9.59 Å². The number of para-hydroxylation sites is 3. The fourth-order valence-corrected chi connectivity index (χ4v) is 4.18. The molecule has 0 unspecified atom stereocenters. The van der Waals surface area contributed by atoms with Crippen LogP contribution in [0.4, 0.5) is 17.2 Å². The molecule has 0 saturated heterocycles. The van der Waals surface area contributed by atoms with Gasteiger partial charge in [0.15, 0.2) is 6.61 Å². The lowest BCUT2D eigenvalue weighted by atomic mass is 10.2.